The first kappa shape index (κ1) is 20.3. The molecule has 0 bridgehead atoms. The van der Waals surface area contributed by atoms with E-state index in [1.165, 1.54) is 24.2 Å². The SMILES string of the molecule is CCOc1ccc(/C=C/C(=O)N(C)Cc2ccc(OC)c(F)c2)cc1OC. The standard InChI is InChI=1S/C21H24FNO4/c1-5-27-19-10-6-15(13-20(19)26-4)8-11-21(24)23(2)14-16-7-9-18(25-3)17(22)12-16/h6-13H,5,14H2,1-4H3/b11-8+. The van der Waals surface area contributed by atoms with Gasteiger partial charge in [0.15, 0.2) is 23.1 Å². The largest absolute Gasteiger partial charge is 0.494 e. The molecule has 0 unspecified atom stereocenters. The fourth-order valence-electron chi connectivity index (χ4n) is 2.52. The average molecular weight is 373 g/mol. The molecule has 144 valence electrons. The number of likely N-dealkylation sites (N-methyl/N-ethyl adjacent to an activating group) is 1. The van der Waals surface area contributed by atoms with Crippen molar-refractivity contribution in [3.63, 3.8) is 0 Å². The van der Waals surface area contributed by atoms with Gasteiger partial charge in [-0.3, -0.25) is 4.79 Å². The second-order valence-corrected chi connectivity index (χ2v) is 5.84. The molecular weight excluding hydrogens is 349 g/mol. The fourth-order valence-corrected chi connectivity index (χ4v) is 2.52. The van der Waals surface area contributed by atoms with Crippen molar-refractivity contribution >= 4 is 12.0 Å². The number of carbonyl (C=O) groups excluding carboxylic acids is 1. The maximum atomic E-state index is 13.8. The lowest BCUT2D eigenvalue weighted by Crippen LogP contribution is -2.24. The van der Waals surface area contributed by atoms with Crippen LogP contribution in [0.15, 0.2) is 42.5 Å². The molecule has 0 N–H and O–H groups in total. The van der Waals surface area contributed by atoms with Crippen molar-refractivity contribution in [2.24, 2.45) is 0 Å². The van der Waals surface area contributed by atoms with Crippen LogP contribution < -0.4 is 14.2 Å². The number of methoxy groups -OCH3 is 2. The minimum atomic E-state index is -0.451. The van der Waals surface area contributed by atoms with E-state index in [1.807, 2.05) is 13.0 Å². The molecule has 2 rings (SSSR count). The normalized spacial score (nSPS) is 10.7. The number of nitrogens with zero attached hydrogens (tertiary/aromatic N) is 1. The number of ether oxygens (including phenoxy) is 3. The summed E-state index contributed by atoms with van der Waals surface area (Å²) in [4.78, 5) is 13.8. The van der Waals surface area contributed by atoms with Gasteiger partial charge in [0.25, 0.3) is 0 Å². The first-order chi connectivity index (χ1) is 13.0. The number of hydrogen-bond acceptors (Lipinski definition) is 4. The zero-order valence-electron chi connectivity index (χ0n) is 16.0. The zero-order chi connectivity index (χ0) is 19.8. The van der Waals surface area contributed by atoms with Gasteiger partial charge in [0.1, 0.15) is 0 Å². The Labute approximate surface area is 159 Å². The lowest BCUT2D eigenvalue weighted by atomic mass is 10.1. The summed E-state index contributed by atoms with van der Waals surface area (Å²) in [5.41, 5.74) is 1.49. The Balaban J connectivity index is 2.04. The van der Waals surface area contributed by atoms with Crippen molar-refractivity contribution in [1.82, 2.24) is 4.90 Å². The van der Waals surface area contributed by atoms with Crippen LogP contribution >= 0.6 is 0 Å². The zero-order valence-corrected chi connectivity index (χ0v) is 16.0. The van der Waals surface area contributed by atoms with Crippen LogP contribution in [-0.2, 0) is 11.3 Å². The third-order valence-electron chi connectivity index (χ3n) is 3.92. The van der Waals surface area contributed by atoms with Crippen molar-refractivity contribution in [1.29, 1.82) is 0 Å². The summed E-state index contributed by atoms with van der Waals surface area (Å²) in [5.74, 6) is 0.791. The van der Waals surface area contributed by atoms with Crippen molar-refractivity contribution in [2.75, 3.05) is 27.9 Å². The van der Waals surface area contributed by atoms with Crippen LogP contribution in [0.2, 0.25) is 0 Å². The summed E-state index contributed by atoms with van der Waals surface area (Å²) in [6.45, 7) is 2.73. The fraction of sp³-hybridized carbons (Fsp3) is 0.286. The number of hydrogen-bond donors (Lipinski definition) is 0. The molecule has 0 saturated carbocycles. The molecule has 0 spiro atoms. The van der Waals surface area contributed by atoms with Gasteiger partial charge in [-0.15, -0.1) is 0 Å². The van der Waals surface area contributed by atoms with Crippen LogP contribution in [0, 0.1) is 5.82 Å². The number of halogens is 1. The van der Waals surface area contributed by atoms with Crippen molar-refractivity contribution in [2.45, 2.75) is 13.5 Å². The van der Waals surface area contributed by atoms with E-state index in [0.29, 0.717) is 23.7 Å². The monoisotopic (exact) mass is 373 g/mol. The third-order valence-corrected chi connectivity index (χ3v) is 3.92. The summed E-state index contributed by atoms with van der Waals surface area (Å²) in [7, 11) is 4.64. The predicted molar refractivity (Wildman–Crippen MR) is 103 cm³/mol. The molecule has 0 aliphatic heterocycles. The molecule has 0 aromatic heterocycles. The van der Waals surface area contributed by atoms with E-state index in [-0.39, 0.29) is 18.2 Å². The molecule has 0 heterocycles. The van der Waals surface area contributed by atoms with Crippen molar-refractivity contribution in [3.8, 4) is 17.2 Å². The lowest BCUT2D eigenvalue weighted by Gasteiger charge is -2.15. The Morgan fingerprint density at radius 2 is 1.78 bits per heavy atom. The van der Waals surface area contributed by atoms with Crippen LogP contribution in [0.25, 0.3) is 6.08 Å². The Kier molecular flexibility index (Phi) is 7.23. The summed E-state index contributed by atoms with van der Waals surface area (Å²) in [6, 6.07) is 10.1. The number of carbonyl (C=O) groups is 1. The first-order valence-electron chi connectivity index (χ1n) is 8.55. The van der Waals surface area contributed by atoms with Crippen LogP contribution in [0.3, 0.4) is 0 Å². The van der Waals surface area contributed by atoms with E-state index >= 15 is 0 Å². The van der Waals surface area contributed by atoms with E-state index < -0.39 is 5.82 Å². The maximum absolute atomic E-state index is 13.8. The van der Waals surface area contributed by atoms with Gasteiger partial charge in [-0.05, 0) is 48.4 Å². The number of benzene rings is 2. The molecule has 0 saturated heterocycles. The van der Waals surface area contributed by atoms with Gasteiger partial charge in [-0.25, -0.2) is 4.39 Å². The van der Waals surface area contributed by atoms with Gasteiger partial charge in [-0.1, -0.05) is 12.1 Å². The maximum Gasteiger partial charge on any atom is 0.246 e. The molecule has 5 nitrogen and oxygen atoms in total. The molecular formula is C21H24FNO4. The van der Waals surface area contributed by atoms with E-state index in [9.17, 15) is 9.18 Å². The first-order valence-corrected chi connectivity index (χ1v) is 8.55. The predicted octanol–water partition coefficient (Wildman–Crippen LogP) is 3.91. The average Bonchev–Trinajstić information content (AvgIpc) is 2.67. The highest BCUT2D eigenvalue weighted by Crippen LogP contribution is 2.28. The molecule has 2 aromatic rings. The molecule has 0 atom stereocenters. The van der Waals surface area contributed by atoms with Crippen LogP contribution in [0.5, 0.6) is 17.2 Å². The number of amides is 1. The number of rotatable bonds is 8. The van der Waals surface area contributed by atoms with E-state index in [2.05, 4.69) is 0 Å². The van der Waals surface area contributed by atoms with Gasteiger partial charge in [0.2, 0.25) is 5.91 Å². The second-order valence-electron chi connectivity index (χ2n) is 5.84. The second kappa shape index (κ2) is 9.62. The summed E-state index contributed by atoms with van der Waals surface area (Å²) in [6.07, 6.45) is 3.17. The Hall–Kier alpha value is -3.02. The summed E-state index contributed by atoms with van der Waals surface area (Å²) < 4.78 is 29.4. The van der Waals surface area contributed by atoms with Crippen molar-refractivity contribution < 1.29 is 23.4 Å². The molecule has 1 amide bonds. The summed E-state index contributed by atoms with van der Waals surface area (Å²) >= 11 is 0. The Morgan fingerprint density at radius 1 is 1.07 bits per heavy atom. The summed E-state index contributed by atoms with van der Waals surface area (Å²) in [5, 5.41) is 0. The van der Waals surface area contributed by atoms with Crippen LogP contribution in [-0.4, -0.2) is 38.7 Å². The van der Waals surface area contributed by atoms with Gasteiger partial charge in [-0.2, -0.15) is 0 Å². The van der Waals surface area contributed by atoms with Gasteiger partial charge < -0.3 is 19.1 Å². The molecule has 2 aromatic carbocycles. The van der Waals surface area contributed by atoms with E-state index in [4.69, 9.17) is 14.2 Å². The van der Waals surface area contributed by atoms with Crippen molar-refractivity contribution in [3.05, 3.63) is 59.4 Å². The highest BCUT2D eigenvalue weighted by atomic mass is 19.1. The van der Waals surface area contributed by atoms with Gasteiger partial charge in [0.05, 0.1) is 20.8 Å². The van der Waals surface area contributed by atoms with Crippen LogP contribution in [0.1, 0.15) is 18.1 Å². The van der Waals surface area contributed by atoms with Gasteiger partial charge in [0, 0.05) is 19.7 Å². The Morgan fingerprint density at radius 3 is 2.41 bits per heavy atom. The molecule has 27 heavy (non-hydrogen) atoms. The van der Waals surface area contributed by atoms with E-state index in [0.717, 1.165) is 5.56 Å². The quantitative estimate of drug-likeness (QED) is 0.658. The molecule has 0 aliphatic carbocycles. The van der Waals surface area contributed by atoms with Crippen LogP contribution in [0.4, 0.5) is 4.39 Å². The third kappa shape index (κ3) is 5.48. The molecule has 0 aliphatic rings. The minimum Gasteiger partial charge on any atom is -0.494 e. The van der Waals surface area contributed by atoms with E-state index in [1.54, 1.807) is 44.5 Å². The molecule has 6 heteroatoms. The smallest absolute Gasteiger partial charge is 0.246 e. The minimum absolute atomic E-state index is 0.178. The topological polar surface area (TPSA) is 48.0 Å². The lowest BCUT2D eigenvalue weighted by molar-refractivity contribution is -0.125. The molecule has 0 radical (unpaired) electrons. The Bertz CT molecular complexity index is 820. The highest BCUT2D eigenvalue weighted by Gasteiger charge is 2.09. The molecule has 0 fully saturated rings. The highest BCUT2D eigenvalue weighted by molar-refractivity contribution is 5.91. The van der Waals surface area contributed by atoms with Gasteiger partial charge >= 0.3 is 0 Å².